The Labute approximate surface area is 133 Å². The summed E-state index contributed by atoms with van der Waals surface area (Å²) in [5.41, 5.74) is 0. The van der Waals surface area contributed by atoms with E-state index in [0.29, 0.717) is 0 Å². The molecule has 0 aromatic carbocycles. The smallest absolute Gasteiger partial charge is 0.303 e. The van der Waals surface area contributed by atoms with E-state index in [1.165, 1.54) is 0 Å². The minimum atomic E-state index is -4.64. The van der Waals surface area contributed by atoms with Crippen molar-refractivity contribution in [3.63, 3.8) is 0 Å². The Balaban J connectivity index is -0.0000000115. The van der Waals surface area contributed by atoms with Crippen LogP contribution >= 0.6 is 7.82 Å². The van der Waals surface area contributed by atoms with Crippen LogP contribution in [0.3, 0.4) is 0 Å². The zero-order valence-electron chi connectivity index (χ0n) is 13.5. The van der Waals surface area contributed by atoms with Crippen LogP contribution < -0.4 is 0 Å². The topological polar surface area (TPSA) is 77.8 Å². The third-order valence-corrected chi connectivity index (χ3v) is 0. The molecular formula is C16H35O4P. The Morgan fingerprint density at radius 3 is 0.381 bits per heavy atom. The predicted octanol–water partition coefficient (Wildman–Crippen LogP) is 5.49. The Morgan fingerprint density at radius 1 is 0.381 bits per heavy atom. The molecule has 0 heterocycles. The summed E-state index contributed by atoms with van der Waals surface area (Å²) in [6.07, 6.45) is 0. The van der Waals surface area contributed by atoms with Crippen LogP contribution in [0.2, 0.25) is 0 Å². The molecule has 0 aromatic heterocycles. The van der Waals surface area contributed by atoms with E-state index in [2.05, 4.69) is 105 Å². The van der Waals surface area contributed by atoms with Gasteiger partial charge in [0.15, 0.2) is 0 Å². The maximum absolute atomic E-state index is 8.88. The van der Waals surface area contributed by atoms with Crippen LogP contribution in [0.4, 0.5) is 0 Å². The number of rotatable bonds is 0. The first-order valence-corrected chi connectivity index (χ1v) is 6.35. The minimum Gasteiger partial charge on any atom is -0.303 e. The Hall–Kier alpha value is -1.97. The van der Waals surface area contributed by atoms with E-state index in [1.54, 1.807) is 0 Å². The van der Waals surface area contributed by atoms with E-state index < -0.39 is 7.82 Å². The number of hydrogen-bond acceptors (Lipinski definition) is 1. The summed E-state index contributed by atoms with van der Waals surface area (Å²) < 4.78 is 8.88. The molecule has 0 spiro atoms. The first-order chi connectivity index (χ1) is 10.0. The maximum atomic E-state index is 8.88. The lowest BCUT2D eigenvalue weighted by Crippen LogP contribution is -1.66. The van der Waals surface area contributed by atoms with Gasteiger partial charge in [-0.1, -0.05) is 0 Å². The summed E-state index contributed by atoms with van der Waals surface area (Å²) in [4.78, 5) is 21.6. The lowest BCUT2D eigenvalue weighted by atomic mass is 11.3. The van der Waals surface area contributed by atoms with Crippen molar-refractivity contribution in [3.8, 4) is 0 Å². The fraction of sp³-hybridized carbons (Fsp3) is 0. The molecule has 0 fully saturated rings. The Bertz CT molecular complexity index is 126. The summed E-state index contributed by atoms with van der Waals surface area (Å²) in [6.45, 7) is 48.0. The molecule has 0 aliphatic heterocycles. The third kappa shape index (κ3) is 1190. The Morgan fingerprint density at radius 2 is 0.381 bits per heavy atom. The molecule has 0 rings (SSSR count). The van der Waals surface area contributed by atoms with Crippen molar-refractivity contribution >= 4 is 7.82 Å². The largest absolute Gasteiger partial charge is 0.466 e. The number of hydrogen-bond donors (Lipinski definition) is 3. The second-order valence-electron chi connectivity index (χ2n) is 0.513. The van der Waals surface area contributed by atoms with Gasteiger partial charge >= 0.3 is 7.82 Å². The first kappa shape index (κ1) is 61.5. The molecule has 0 saturated heterocycles. The lowest BCUT2D eigenvalue weighted by molar-refractivity contribution is 0.275. The summed E-state index contributed by atoms with van der Waals surface area (Å²) in [5, 5.41) is 0. The highest BCUT2D eigenvalue weighted by molar-refractivity contribution is 7.45. The molecule has 0 aromatic rings. The predicted molar refractivity (Wildman–Crippen MR) is 104 cm³/mol. The SMILES string of the molecule is C=C.C=C.C=C.C=C.C=C.C=C.C=C.C=C.O=P(O)(O)O. The molecule has 0 radical (unpaired) electrons. The maximum Gasteiger partial charge on any atom is 0.466 e. The van der Waals surface area contributed by atoms with E-state index in [1.807, 2.05) is 0 Å². The monoisotopic (exact) mass is 322 g/mol. The van der Waals surface area contributed by atoms with Crippen LogP contribution in [0.15, 0.2) is 105 Å². The molecule has 4 nitrogen and oxygen atoms in total. The lowest BCUT2D eigenvalue weighted by Gasteiger charge is -1.82. The van der Waals surface area contributed by atoms with Gasteiger partial charge in [-0.15, -0.1) is 105 Å². The van der Waals surface area contributed by atoms with E-state index in [9.17, 15) is 0 Å². The van der Waals surface area contributed by atoms with Crippen LogP contribution in [0, 0.1) is 0 Å². The third-order valence-electron chi connectivity index (χ3n) is 0. The highest BCUT2D eigenvalue weighted by atomic mass is 31.2. The zero-order valence-corrected chi connectivity index (χ0v) is 14.4. The highest BCUT2D eigenvalue weighted by Gasteiger charge is 2.00. The van der Waals surface area contributed by atoms with E-state index in [-0.39, 0.29) is 0 Å². The van der Waals surface area contributed by atoms with E-state index in [0.717, 1.165) is 0 Å². The van der Waals surface area contributed by atoms with Crippen LogP contribution in [0.5, 0.6) is 0 Å². The van der Waals surface area contributed by atoms with Crippen LogP contribution in [-0.4, -0.2) is 14.7 Å². The molecule has 5 heteroatoms. The van der Waals surface area contributed by atoms with Gasteiger partial charge in [0.1, 0.15) is 0 Å². The molecule has 0 bridgehead atoms. The molecule has 21 heavy (non-hydrogen) atoms. The van der Waals surface area contributed by atoms with Gasteiger partial charge in [-0.25, -0.2) is 4.57 Å². The summed E-state index contributed by atoms with van der Waals surface area (Å²) in [6, 6.07) is 0. The van der Waals surface area contributed by atoms with Crippen LogP contribution in [0.1, 0.15) is 0 Å². The fourth-order valence-corrected chi connectivity index (χ4v) is 0. The van der Waals surface area contributed by atoms with Crippen molar-refractivity contribution in [1.82, 2.24) is 0 Å². The molecule has 0 aliphatic rings. The first-order valence-electron chi connectivity index (χ1n) is 4.78. The van der Waals surface area contributed by atoms with Crippen molar-refractivity contribution < 1.29 is 19.2 Å². The second kappa shape index (κ2) is 322. The average molecular weight is 322 g/mol. The van der Waals surface area contributed by atoms with Crippen molar-refractivity contribution in [2.24, 2.45) is 0 Å². The standard InChI is InChI=1S/8C2H4.H3O4P/c8*1-2;1-5(2,3)4/h8*1-2H2;(H3,1,2,3,4). The number of phosphoric acid groups is 1. The molecule has 128 valence electrons. The molecule has 0 atom stereocenters. The van der Waals surface area contributed by atoms with Crippen molar-refractivity contribution in [2.45, 2.75) is 0 Å². The normalized spacial score (nSPS) is 4.33. The fourth-order valence-electron chi connectivity index (χ4n) is 0. The van der Waals surface area contributed by atoms with E-state index >= 15 is 0 Å². The summed E-state index contributed by atoms with van der Waals surface area (Å²) >= 11 is 0. The van der Waals surface area contributed by atoms with Gasteiger partial charge in [-0.05, 0) is 0 Å². The van der Waals surface area contributed by atoms with Crippen LogP contribution in [0.25, 0.3) is 0 Å². The molecule has 3 N–H and O–H groups in total. The molecule has 0 amide bonds. The van der Waals surface area contributed by atoms with Crippen molar-refractivity contribution in [2.75, 3.05) is 0 Å². The van der Waals surface area contributed by atoms with Gasteiger partial charge in [0, 0.05) is 0 Å². The van der Waals surface area contributed by atoms with Crippen molar-refractivity contribution in [1.29, 1.82) is 0 Å². The average Bonchev–Trinajstić information content (AvgIpc) is 2.60. The molecule has 0 unspecified atom stereocenters. The van der Waals surface area contributed by atoms with Crippen LogP contribution in [-0.2, 0) is 4.57 Å². The van der Waals surface area contributed by atoms with Gasteiger partial charge in [-0.3, -0.25) is 0 Å². The van der Waals surface area contributed by atoms with Gasteiger partial charge in [0.05, 0.1) is 0 Å². The summed E-state index contributed by atoms with van der Waals surface area (Å²) in [7, 11) is -4.64. The van der Waals surface area contributed by atoms with Gasteiger partial charge in [-0.2, -0.15) is 0 Å². The summed E-state index contributed by atoms with van der Waals surface area (Å²) in [5.74, 6) is 0. The Kier molecular flexibility index (Phi) is 943. The molecule has 0 saturated carbocycles. The molecular weight excluding hydrogens is 287 g/mol. The van der Waals surface area contributed by atoms with Gasteiger partial charge < -0.3 is 14.7 Å². The quantitative estimate of drug-likeness (QED) is 0.407. The minimum absolute atomic E-state index is 3.00. The van der Waals surface area contributed by atoms with E-state index in [4.69, 9.17) is 19.2 Å². The van der Waals surface area contributed by atoms with Crippen molar-refractivity contribution in [3.05, 3.63) is 105 Å². The van der Waals surface area contributed by atoms with Gasteiger partial charge in [0.25, 0.3) is 0 Å². The highest BCUT2D eigenvalue weighted by Crippen LogP contribution is 2.25. The second-order valence-corrected chi connectivity index (χ2v) is 1.54. The molecule has 0 aliphatic carbocycles. The van der Waals surface area contributed by atoms with Gasteiger partial charge in [0.2, 0.25) is 0 Å². The zero-order chi connectivity index (χ0) is 20.5.